The van der Waals surface area contributed by atoms with Gasteiger partial charge in [0, 0.05) is 36.6 Å². The number of hydrogen-bond acceptors (Lipinski definition) is 5. The number of thiophene rings is 1. The topological polar surface area (TPSA) is 44.7 Å². The highest BCUT2D eigenvalue weighted by Gasteiger charge is 2.27. The molecule has 1 aromatic heterocycles. The molecule has 0 saturated carbocycles. The first-order valence-corrected chi connectivity index (χ1v) is 8.03. The van der Waals surface area contributed by atoms with Crippen LogP contribution in [0.25, 0.3) is 0 Å². The van der Waals surface area contributed by atoms with Gasteiger partial charge in [-0.1, -0.05) is 18.2 Å². The number of hydrogen-bond donors (Lipinski definition) is 2. The fourth-order valence-corrected chi connectivity index (χ4v) is 3.72. The van der Waals surface area contributed by atoms with Gasteiger partial charge in [-0.2, -0.15) is 0 Å². The molecule has 1 atom stereocenters. The number of benzene rings is 1. The van der Waals surface area contributed by atoms with Gasteiger partial charge in [0.1, 0.15) is 0 Å². The van der Waals surface area contributed by atoms with Crippen molar-refractivity contribution in [2.24, 2.45) is 0 Å². The molecule has 0 unspecified atom stereocenters. The lowest BCUT2D eigenvalue weighted by molar-refractivity contribution is 0.197. The highest BCUT2D eigenvalue weighted by molar-refractivity contribution is 7.10. The lowest BCUT2D eigenvalue weighted by Crippen LogP contribution is -2.45. The van der Waals surface area contributed by atoms with Gasteiger partial charge < -0.3 is 15.2 Å². The lowest BCUT2D eigenvalue weighted by Gasteiger charge is -2.35. The molecule has 2 heterocycles. The molecule has 1 fully saturated rings. The molecular weight excluding hydrogens is 284 g/mol. The number of aromatic hydroxyl groups is 1. The van der Waals surface area contributed by atoms with E-state index in [1.807, 2.05) is 12.1 Å². The van der Waals surface area contributed by atoms with Crippen molar-refractivity contribution in [1.82, 2.24) is 10.2 Å². The van der Waals surface area contributed by atoms with E-state index in [0.717, 1.165) is 31.7 Å². The van der Waals surface area contributed by atoms with Gasteiger partial charge in [-0.15, -0.1) is 11.3 Å². The maximum Gasteiger partial charge on any atom is 0.162 e. The SMILES string of the molecule is COc1cccc([C@H](c2cccs2)N2CCNCC2)c1O. The van der Waals surface area contributed by atoms with Crippen LogP contribution in [0, 0.1) is 0 Å². The third-order valence-electron chi connectivity index (χ3n) is 3.87. The minimum atomic E-state index is 0.0854. The van der Waals surface area contributed by atoms with E-state index in [1.54, 1.807) is 24.5 Å². The zero-order chi connectivity index (χ0) is 14.7. The highest BCUT2D eigenvalue weighted by Crippen LogP contribution is 2.40. The molecule has 3 rings (SSSR count). The van der Waals surface area contributed by atoms with Gasteiger partial charge in [-0.3, -0.25) is 4.90 Å². The number of nitrogens with zero attached hydrogens (tertiary/aromatic N) is 1. The van der Waals surface area contributed by atoms with Gasteiger partial charge in [-0.05, 0) is 17.5 Å². The fraction of sp³-hybridized carbons (Fsp3) is 0.375. The van der Waals surface area contributed by atoms with Crippen molar-refractivity contribution in [3.63, 3.8) is 0 Å². The maximum absolute atomic E-state index is 10.5. The number of phenolic OH excluding ortho intramolecular Hbond substituents is 1. The van der Waals surface area contributed by atoms with Crippen LogP contribution < -0.4 is 10.1 Å². The van der Waals surface area contributed by atoms with Crippen LogP contribution in [0.1, 0.15) is 16.5 Å². The molecule has 1 aliphatic heterocycles. The van der Waals surface area contributed by atoms with Crippen molar-refractivity contribution < 1.29 is 9.84 Å². The van der Waals surface area contributed by atoms with Crippen molar-refractivity contribution in [2.45, 2.75) is 6.04 Å². The van der Waals surface area contributed by atoms with Crippen molar-refractivity contribution in [3.05, 3.63) is 46.2 Å². The van der Waals surface area contributed by atoms with Crippen LogP contribution in [0.3, 0.4) is 0 Å². The minimum Gasteiger partial charge on any atom is -0.504 e. The van der Waals surface area contributed by atoms with Crippen molar-refractivity contribution in [3.8, 4) is 11.5 Å². The van der Waals surface area contributed by atoms with Crippen LogP contribution >= 0.6 is 11.3 Å². The van der Waals surface area contributed by atoms with Crippen LogP contribution in [0.5, 0.6) is 11.5 Å². The molecule has 5 heteroatoms. The Balaban J connectivity index is 2.03. The van der Waals surface area contributed by atoms with Gasteiger partial charge >= 0.3 is 0 Å². The summed E-state index contributed by atoms with van der Waals surface area (Å²) in [5.41, 5.74) is 0.915. The van der Waals surface area contributed by atoms with E-state index in [2.05, 4.69) is 27.7 Å². The number of phenols is 1. The summed E-state index contributed by atoms with van der Waals surface area (Å²) in [6.07, 6.45) is 0. The highest BCUT2D eigenvalue weighted by atomic mass is 32.1. The van der Waals surface area contributed by atoms with E-state index in [4.69, 9.17) is 4.74 Å². The summed E-state index contributed by atoms with van der Waals surface area (Å²) in [5.74, 6) is 0.779. The minimum absolute atomic E-state index is 0.0854. The second kappa shape index (κ2) is 6.47. The number of methoxy groups -OCH3 is 1. The Bertz CT molecular complexity index is 580. The monoisotopic (exact) mass is 304 g/mol. The normalized spacial score (nSPS) is 17.6. The first-order valence-electron chi connectivity index (χ1n) is 7.15. The number of piperazine rings is 1. The summed E-state index contributed by atoms with van der Waals surface area (Å²) in [7, 11) is 1.59. The predicted octanol–water partition coefficient (Wildman–Crippen LogP) is 2.46. The smallest absolute Gasteiger partial charge is 0.162 e. The predicted molar refractivity (Wildman–Crippen MR) is 85.3 cm³/mol. The molecule has 4 nitrogen and oxygen atoms in total. The average molecular weight is 304 g/mol. The molecule has 0 radical (unpaired) electrons. The van der Waals surface area contributed by atoms with Gasteiger partial charge in [0.2, 0.25) is 0 Å². The molecule has 0 aliphatic carbocycles. The Morgan fingerprint density at radius 1 is 1.24 bits per heavy atom. The zero-order valence-corrected chi connectivity index (χ0v) is 12.9. The molecule has 1 aromatic carbocycles. The number of rotatable bonds is 4. The van der Waals surface area contributed by atoms with Crippen LogP contribution in [-0.2, 0) is 0 Å². The quantitative estimate of drug-likeness (QED) is 0.911. The first kappa shape index (κ1) is 14.4. The molecule has 1 aliphatic rings. The molecule has 2 aromatic rings. The third-order valence-corrected chi connectivity index (χ3v) is 4.80. The molecular formula is C16H20N2O2S. The molecule has 0 spiro atoms. The van der Waals surface area contributed by atoms with Gasteiger partial charge in [-0.25, -0.2) is 0 Å². The Morgan fingerprint density at radius 3 is 2.71 bits per heavy atom. The zero-order valence-electron chi connectivity index (χ0n) is 12.1. The van der Waals surface area contributed by atoms with Gasteiger partial charge in [0.15, 0.2) is 11.5 Å². The standard InChI is InChI=1S/C16H20N2O2S/c1-20-13-5-2-4-12(16(13)19)15(14-6-3-11-21-14)18-9-7-17-8-10-18/h2-6,11,15,17,19H,7-10H2,1H3/t15-/m1/s1. The number of para-hydroxylation sites is 1. The molecule has 0 amide bonds. The summed E-state index contributed by atoms with van der Waals surface area (Å²) in [5, 5.41) is 16.0. The molecule has 2 N–H and O–H groups in total. The molecule has 0 bridgehead atoms. The molecule has 21 heavy (non-hydrogen) atoms. The first-order chi connectivity index (χ1) is 10.3. The summed E-state index contributed by atoms with van der Waals surface area (Å²) in [6.45, 7) is 3.90. The largest absolute Gasteiger partial charge is 0.504 e. The van der Waals surface area contributed by atoms with Crippen molar-refractivity contribution in [2.75, 3.05) is 33.3 Å². The second-order valence-electron chi connectivity index (χ2n) is 5.10. The Hall–Kier alpha value is -1.56. The van der Waals surface area contributed by atoms with E-state index in [0.29, 0.717) is 5.75 Å². The van der Waals surface area contributed by atoms with Crippen LogP contribution in [-0.4, -0.2) is 43.3 Å². The van der Waals surface area contributed by atoms with Crippen LogP contribution in [0.15, 0.2) is 35.7 Å². The summed E-state index contributed by atoms with van der Waals surface area (Å²) in [4.78, 5) is 3.66. The summed E-state index contributed by atoms with van der Waals surface area (Å²) >= 11 is 1.73. The Kier molecular flexibility index (Phi) is 4.43. The maximum atomic E-state index is 10.5. The van der Waals surface area contributed by atoms with Crippen molar-refractivity contribution in [1.29, 1.82) is 0 Å². The third kappa shape index (κ3) is 2.90. The van der Waals surface area contributed by atoms with E-state index in [1.165, 1.54) is 4.88 Å². The molecule has 1 saturated heterocycles. The lowest BCUT2D eigenvalue weighted by atomic mass is 10.0. The molecule has 112 valence electrons. The second-order valence-corrected chi connectivity index (χ2v) is 6.08. The Labute approximate surface area is 129 Å². The van der Waals surface area contributed by atoms with Gasteiger partial charge in [0.05, 0.1) is 13.2 Å². The van der Waals surface area contributed by atoms with Crippen LogP contribution in [0.2, 0.25) is 0 Å². The number of ether oxygens (including phenoxy) is 1. The van der Waals surface area contributed by atoms with Crippen molar-refractivity contribution >= 4 is 11.3 Å². The van der Waals surface area contributed by atoms with E-state index < -0.39 is 0 Å². The van der Waals surface area contributed by atoms with Gasteiger partial charge in [0.25, 0.3) is 0 Å². The van der Waals surface area contributed by atoms with E-state index in [9.17, 15) is 5.11 Å². The summed E-state index contributed by atoms with van der Waals surface area (Å²) < 4.78 is 5.26. The Morgan fingerprint density at radius 2 is 2.05 bits per heavy atom. The van der Waals surface area contributed by atoms with Crippen LogP contribution in [0.4, 0.5) is 0 Å². The average Bonchev–Trinajstić information content (AvgIpc) is 3.04. The van der Waals surface area contributed by atoms with E-state index in [-0.39, 0.29) is 11.8 Å². The summed E-state index contributed by atoms with van der Waals surface area (Å²) in [6, 6.07) is 10.0. The number of nitrogens with one attached hydrogen (secondary N) is 1. The van der Waals surface area contributed by atoms with E-state index >= 15 is 0 Å². The fourth-order valence-electron chi connectivity index (χ4n) is 2.84.